The summed E-state index contributed by atoms with van der Waals surface area (Å²) in [5.41, 5.74) is 0.707. The van der Waals surface area contributed by atoms with Crippen LogP contribution in [0.4, 0.5) is 0 Å². The highest BCUT2D eigenvalue weighted by molar-refractivity contribution is 7.99. The van der Waals surface area contributed by atoms with Crippen molar-refractivity contribution in [2.45, 2.75) is 30.7 Å². The van der Waals surface area contributed by atoms with Crippen LogP contribution in [0.2, 0.25) is 0 Å². The molecule has 1 aliphatic carbocycles. The summed E-state index contributed by atoms with van der Waals surface area (Å²) in [6.45, 7) is 0. The van der Waals surface area contributed by atoms with E-state index in [1.165, 1.54) is 25.7 Å². The fraction of sp³-hybridized carbons (Fsp3) is 0.500. The zero-order chi connectivity index (χ0) is 10.5. The van der Waals surface area contributed by atoms with Gasteiger partial charge >= 0.3 is 0 Å². The van der Waals surface area contributed by atoms with E-state index in [2.05, 4.69) is 11.1 Å². The molecule has 0 bridgehead atoms. The first-order valence-corrected chi connectivity index (χ1v) is 6.36. The molecule has 1 heterocycles. The lowest BCUT2D eigenvalue weighted by atomic mass is 10.1. The Balaban J connectivity index is 1.90. The van der Waals surface area contributed by atoms with Crippen LogP contribution in [0.1, 0.15) is 31.2 Å². The van der Waals surface area contributed by atoms with Gasteiger partial charge in [-0.25, -0.2) is 4.98 Å². The van der Waals surface area contributed by atoms with Gasteiger partial charge in [-0.3, -0.25) is 0 Å². The first-order valence-electron chi connectivity index (χ1n) is 5.37. The molecule has 3 heteroatoms. The summed E-state index contributed by atoms with van der Waals surface area (Å²) >= 11 is 1.78. The number of thioether (sulfide) groups is 1. The second-order valence-corrected chi connectivity index (χ2v) is 5.00. The maximum absolute atomic E-state index is 8.75. The molecule has 1 aromatic rings. The van der Waals surface area contributed by atoms with Crippen LogP contribution >= 0.6 is 11.8 Å². The van der Waals surface area contributed by atoms with Crippen molar-refractivity contribution in [1.29, 1.82) is 5.26 Å². The first-order chi connectivity index (χ1) is 7.38. The van der Waals surface area contributed by atoms with E-state index >= 15 is 0 Å². The molecule has 1 aliphatic rings. The third kappa shape index (κ3) is 2.97. The van der Waals surface area contributed by atoms with Crippen molar-refractivity contribution < 1.29 is 0 Å². The van der Waals surface area contributed by atoms with Gasteiger partial charge in [-0.2, -0.15) is 5.26 Å². The van der Waals surface area contributed by atoms with Gasteiger partial charge in [-0.1, -0.05) is 12.8 Å². The number of rotatable bonds is 3. The summed E-state index contributed by atoms with van der Waals surface area (Å²) in [6.07, 6.45) is 7.22. The van der Waals surface area contributed by atoms with Crippen LogP contribution in [-0.4, -0.2) is 10.7 Å². The Kier molecular flexibility index (Phi) is 3.63. The number of aromatic nitrogens is 1. The Morgan fingerprint density at radius 2 is 2.27 bits per heavy atom. The minimum atomic E-state index is 0.707. The zero-order valence-electron chi connectivity index (χ0n) is 8.65. The molecule has 0 aliphatic heterocycles. The van der Waals surface area contributed by atoms with Gasteiger partial charge in [0.1, 0.15) is 0 Å². The Hall–Kier alpha value is -1.01. The summed E-state index contributed by atoms with van der Waals surface area (Å²) in [5, 5.41) is 9.74. The summed E-state index contributed by atoms with van der Waals surface area (Å²) in [4.78, 5) is 4.26. The van der Waals surface area contributed by atoms with Gasteiger partial charge in [0.15, 0.2) is 0 Å². The molecule has 0 spiro atoms. The van der Waals surface area contributed by atoms with Crippen molar-refractivity contribution >= 4 is 11.8 Å². The summed E-state index contributed by atoms with van der Waals surface area (Å²) in [5.74, 6) is 2.02. The van der Waals surface area contributed by atoms with E-state index in [1.54, 1.807) is 24.0 Å². The number of pyridine rings is 1. The topological polar surface area (TPSA) is 36.7 Å². The summed E-state index contributed by atoms with van der Waals surface area (Å²) in [6, 6.07) is 5.77. The second kappa shape index (κ2) is 5.18. The molecule has 1 aromatic heterocycles. The highest BCUT2D eigenvalue weighted by Crippen LogP contribution is 2.30. The lowest BCUT2D eigenvalue weighted by Crippen LogP contribution is -1.96. The fourth-order valence-corrected chi connectivity index (χ4v) is 3.02. The minimum Gasteiger partial charge on any atom is -0.250 e. The standard InChI is InChI=1S/C12H14N2S/c13-8-11-5-6-14-12(7-11)15-9-10-3-1-2-4-10/h5-7,10H,1-4,9H2. The fourth-order valence-electron chi connectivity index (χ4n) is 1.94. The van der Waals surface area contributed by atoms with Gasteiger partial charge in [0.25, 0.3) is 0 Å². The van der Waals surface area contributed by atoms with Crippen molar-refractivity contribution in [3.8, 4) is 6.07 Å². The number of nitriles is 1. The predicted molar refractivity (Wildman–Crippen MR) is 61.6 cm³/mol. The van der Waals surface area contributed by atoms with Crippen LogP contribution in [0, 0.1) is 17.2 Å². The first kappa shape index (κ1) is 10.5. The van der Waals surface area contributed by atoms with E-state index < -0.39 is 0 Å². The molecule has 1 saturated carbocycles. The lowest BCUT2D eigenvalue weighted by Gasteiger charge is -2.07. The molecule has 0 saturated heterocycles. The molecular formula is C12H14N2S. The van der Waals surface area contributed by atoms with Crippen LogP contribution < -0.4 is 0 Å². The Morgan fingerprint density at radius 1 is 1.47 bits per heavy atom. The van der Waals surface area contributed by atoms with E-state index in [1.807, 2.05) is 6.07 Å². The van der Waals surface area contributed by atoms with Gasteiger partial charge in [-0.15, -0.1) is 11.8 Å². The van der Waals surface area contributed by atoms with Gasteiger partial charge in [0, 0.05) is 11.9 Å². The van der Waals surface area contributed by atoms with Gasteiger partial charge < -0.3 is 0 Å². The van der Waals surface area contributed by atoms with Crippen LogP contribution in [0.15, 0.2) is 23.4 Å². The Bertz CT molecular complexity index is 364. The molecule has 15 heavy (non-hydrogen) atoms. The van der Waals surface area contributed by atoms with Crippen molar-refractivity contribution in [2.24, 2.45) is 5.92 Å². The quantitative estimate of drug-likeness (QED) is 0.731. The smallest absolute Gasteiger partial charge is 0.0993 e. The number of nitrogens with zero attached hydrogens (tertiary/aromatic N) is 2. The molecule has 0 aromatic carbocycles. The van der Waals surface area contributed by atoms with Crippen LogP contribution in [0.3, 0.4) is 0 Å². The number of hydrogen-bond donors (Lipinski definition) is 0. The molecular weight excluding hydrogens is 204 g/mol. The molecule has 0 N–H and O–H groups in total. The summed E-state index contributed by atoms with van der Waals surface area (Å²) in [7, 11) is 0. The third-order valence-electron chi connectivity index (χ3n) is 2.81. The van der Waals surface area contributed by atoms with Crippen molar-refractivity contribution in [2.75, 3.05) is 5.75 Å². The monoisotopic (exact) mass is 218 g/mol. The maximum Gasteiger partial charge on any atom is 0.0993 e. The molecule has 0 radical (unpaired) electrons. The van der Waals surface area contributed by atoms with Crippen LogP contribution in [0.5, 0.6) is 0 Å². The molecule has 0 atom stereocenters. The summed E-state index contributed by atoms with van der Waals surface area (Å²) < 4.78 is 0. The average molecular weight is 218 g/mol. The van der Waals surface area contributed by atoms with E-state index in [0.717, 1.165) is 16.7 Å². The lowest BCUT2D eigenvalue weighted by molar-refractivity contribution is 0.623. The van der Waals surface area contributed by atoms with Crippen molar-refractivity contribution in [1.82, 2.24) is 4.98 Å². The van der Waals surface area contributed by atoms with E-state index in [0.29, 0.717) is 5.56 Å². The maximum atomic E-state index is 8.75. The van der Waals surface area contributed by atoms with E-state index in [9.17, 15) is 0 Å². The average Bonchev–Trinajstić information content (AvgIpc) is 2.79. The van der Waals surface area contributed by atoms with Gasteiger partial charge in [0.05, 0.1) is 16.7 Å². The van der Waals surface area contributed by atoms with E-state index in [-0.39, 0.29) is 0 Å². The van der Waals surface area contributed by atoms with Crippen molar-refractivity contribution in [3.63, 3.8) is 0 Å². The molecule has 0 unspecified atom stereocenters. The highest BCUT2D eigenvalue weighted by atomic mass is 32.2. The van der Waals surface area contributed by atoms with E-state index in [4.69, 9.17) is 5.26 Å². The van der Waals surface area contributed by atoms with Crippen LogP contribution in [0.25, 0.3) is 0 Å². The van der Waals surface area contributed by atoms with Crippen LogP contribution in [-0.2, 0) is 0 Å². The predicted octanol–water partition coefficient (Wildman–Crippen LogP) is 3.24. The van der Waals surface area contributed by atoms with Gasteiger partial charge in [-0.05, 0) is 30.9 Å². The van der Waals surface area contributed by atoms with Crippen molar-refractivity contribution in [3.05, 3.63) is 23.9 Å². The molecule has 0 amide bonds. The molecule has 78 valence electrons. The number of hydrogen-bond acceptors (Lipinski definition) is 3. The third-order valence-corrected chi connectivity index (χ3v) is 3.96. The highest BCUT2D eigenvalue weighted by Gasteiger charge is 2.15. The molecule has 2 nitrogen and oxygen atoms in total. The molecule has 1 fully saturated rings. The normalized spacial score (nSPS) is 16.5. The van der Waals surface area contributed by atoms with Gasteiger partial charge in [0.2, 0.25) is 0 Å². The minimum absolute atomic E-state index is 0.707. The SMILES string of the molecule is N#Cc1ccnc(SCC2CCCC2)c1. The Morgan fingerprint density at radius 3 is 3.00 bits per heavy atom. The zero-order valence-corrected chi connectivity index (χ0v) is 9.46. The second-order valence-electron chi connectivity index (χ2n) is 3.96. The largest absolute Gasteiger partial charge is 0.250 e. The Labute approximate surface area is 94.7 Å². The molecule has 2 rings (SSSR count).